The maximum Gasteiger partial charge on any atom is 0.126 e. The van der Waals surface area contributed by atoms with Crippen LogP contribution in [0, 0.1) is 0 Å². The SMILES string of the molecule is c1cc2c3c(c1)Cc1cccc4c1OCCOCCOc1c5cccc1Cc1cccc(c1OCCOCCOc1c(cccc1C4)Cc1cccc(c1OCCOCCOCCOCCO3)C2)Cc1cccc2c1OCCOCCOCCOCCOc1c(cccc1C5)C2. The van der Waals surface area contributed by atoms with Gasteiger partial charge in [-0.1, -0.05) is 146 Å². The van der Waals surface area contributed by atoms with Crippen molar-refractivity contribution >= 4 is 0 Å². The van der Waals surface area contributed by atoms with Crippen molar-refractivity contribution in [2.45, 2.75) is 51.4 Å². The Hall–Kier alpha value is -8.16. The predicted molar refractivity (Wildman–Crippen MR) is 364 cm³/mol. The maximum absolute atomic E-state index is 7.02. The van der Waals surface area contributed by atoms with Crippen LogP contribution < -0.4 is 37.9 Å². The highest BCUT2D eigenvalue weighted by atomic mass is 16.6. The molecule has 5 aliphatic rings. The van der Waals surface area contributed by atoms with Crippen molar-refractivity contribution in [2.24, 2.45) is 0 Å². The molecule has 96 heavy (non-hydrogen) atoms. The number of ether oxygens (including phenoxy) is 16. The van der Waals surface area contributed by atoms with Crippen LogP contribution in [0.1, 0.15) is 89.0 Å². The first-order valence-electron chi connectivity index (χ1n) is 34.2. The van der Waals surface area contributed by atoms with E-state index in [0.29, 0.717) is 210 Å². The zero-order valence-corrected chi connectivity index (χ0v) is 55.0. The van der Waals surface area contributed by atoms with Crippen LogP contribution >= 0.6 is 0 Å². The van der Waals surface area contributed by atoms with Gasteiger partial charge >= 0.3 is 0 Å². The van der Waals surface area contributed by atoms with Gasteiger partial charge in [0.1, 0.15) is 98.9 Å². The van der Waals surface area contributed by atoms with Crippen LogP contribution in [0.25, 0.3) is 0 Å². The first-order valence-corrected chi connectivity index (χ1v) is 34.2. The lowest BCUT2D eigenvalue weighted by atomic mass is 9.91. The third-order valence-corrected chi connectivity index (χ3v) is 17.8. The van der Waals surface area contributed by atoms with Crippen LogP contribution in [0.4, 0.5) is 0 Å². The molecule has 8 aromatic carbocycles. The molecule has 0 unspecified atom stereocenters. The highest BCUT2D eigenvalue weighted by molar-refractivity contribution is 5.59. The Kier molecular flexibility index (Phi) is 24.0. The zero-order valence-electron chi connectivity index (χ0n) is 55.0. The van der Waals surface area contributed by atoms with Crippen LogP contribution in [0.3, 0.4) is 0 Å². The largest absolute Gasteiger partial charge is 0.491 e. The summed E-state index contributed by atoms with van der Waals surface area (Å²) < 4.78 is 104. The van der Waals surface area contributed by atoms with E-state index in [4.69, 9.17) is 75.8 Å². The second kappa shape index (κ2) is 34.7. The maximum atomic E-state index is 7.02. The first-order chi connectivity index (χ1) is 47.7. The minimum Gasteiger partial charge on any atom is -0.491 e. The fourth-order valence-corrected chi connectivity index (χ4v) is 13.4. The third kappa shape index (κ3) is 17.5. The van der Waals surface area contributed by atoms with E-state index in [9.17, 15) is 0 Å². The van der Waals surface area contributed by atoms with Gasteiger partial charge in [-0.3, -0.25) is 0 Å². The molecule has 0 spiro atoms. The summed E-state index contributed by atoms with van der Waals surface area (Å²) in [5.74, 6) is 6.48. The summed E-state index contributed by atoms with van der Waals surface area (Å²) in [5.41, 5.74) is 16.4. The fraction of sp³-hybridized carbons (Fsp3) is 0.400. The molecule has 0 saturated carbocycles. The Morgan fingerprint density at radius 1 is 0.125 bits per heavy atom. The molecule has 3 aliphatic heterocycles. The van der Waals surface area contributed by atoms with E-state index in [2.05, 4.69) is 146 Å². The molecule has 0 amide bonds. The van der Waals surface area contributed by atoms with Crippen molar-refractivity contribution in [3.8, 4) is 46.0 Å². The average Bonchev–Trinajstić information content (AvgIpc) is 0.856. The van der Waals surface area contributed by atoms with Crippen molar-refractivity contribution in [3.63, 3.8) is 0 Å². The number of benzene rings is 8. The Bertz CT molecular complexity index is 3340. The van der Waals surface area contributed by atoms with Gasteiger partial charge < -0.3 is 75.8 Å². The first kappa shape index (κ1) is 66.5. The van der Waals surface area contributed by atoms with Gasteiger partial charge in [-0.25, -0.2) is 0 Å². The summed E-state index contributed by atoms with van der Waals surface area (Å²) >= 11 is 0. The van der Waals surface area contributed by atoms with E-state index < -0.39 is 0 Å². The number of hydrogen-bond acceptors (Lipinski definition) is 16. The zero-order chi connectivity index (χ0) is 64.8. The van der Waals surface area contributed by atoms with E-state index in [1.54, 1.807) is 0 Å². The minimum atomic E-state index is 0.294. The molecule has 0 N–H and O–H groups in total. The van der Waals surface area contributed by atoms with Gasteiger partial charge in [0.2, 0.25) is 0 Å². The summed E-state index contributed by atoms with van der Waals surface area (Å²) in [6.45, 7) is 9.18. The molecule has 0 atom stereocenters. The van der Waals surface area contributed by atoms with Gasteiger partial charge in [-0.15, -0.1) is 0 Å². The molecular weight excluding hydrogens is 1220 g/mol. The van der Waals surface area contributed by atoms with E-state index in [0.717, 1.165) is 135 Å². The van der Waals surface area contributed by atoms with Gasteiger partial charge in [-0.2, -0.15) is 0 Å². The lowest BCUT2D eigenvalue weighted by molar-refractivity contribution is 0.00474. The highest BCUT2D eigenvalue weighted by Gasteiger charge is 2.26. The van der Waals surface area contributed by atoms with Crippen molar-refractivity contribution in [1.29, 1.82) is 0 Å². The standard InChI is InChI=1S/C80H88O16/c1-9-57-49-58-10-2-14-62-52-66-18-6-22-70-55-69-21-5-17-65(51-61(13-1)73(57)89-41-33-83-29-25-81-26-30-84-34-42-90-74(58)62)77(69)93-45-37-87-38-46-95-79-67-19-7-23-71(79)56-72-24-8-20-68(80(72)96-48-40-88-39-47-94-78(66)70)54-64-16-4-12-60-50-59-11-3-15-63(53-67)75(59)91-43-35-85-31-27-82-28-32-86-36-44-92-76(60)64/h1-24H,25-56H2. The molecule has 16 nitrogen and oxygen atoms in total. The van der Waals surface area contributed by atoms with E-state index >= 15 is 0 Å². The summed E-state index contributed by atoms with van der Waals surface area (Å²) in [7, 11) is 0. The normalized spacial score (nSPS) is 17.8. The van der Waals surface area contributed by atoms with E-state index in [1.807, 2.05) is 0 Å². The molecular formula is C80H88O16. The highest BCUT2D eigenvalue weighted by Crippen LogP contribution is 2.42. The summed E-state index contributed by atoms with van der Waals surface area (Å²) in [6, 6.07) is 51.5. The smallest absolute Gasteiger partial charge is 0.126 e. The summed E-state index contributed by atoms with van der Waals surface area (Å²) in [6.07, 6.45) is 4.33. The summed E-state index contributed by atoms with van der Waals surface area (Å²) in [5, 5.41) is 0. The third-order valence-electron chi connectivity index (χ3n) is 17.8. The van der Waals surface area contributed by atoms with Crippen LogP contribution in [0.15, 0.2) is 146 Å². The Morgan fingerprint density at radius 3 is 0.323 bits per heavy atom. The second-order valence-electron chi connectivity index (χ2n) is 24.3. The van der Waals surface area contributed by atoms with Crippen molar-refractivity contribution in [2.75, 3.05) is 159 Å². The van der Waals surface area contributed by atoms with Gasteiger partial charge in [0.05, 0.1) is 106 Å². The molecule has 2 aliphatic carbocycles. The van der Waals surface area contributed by atoms with E-state index in [1.165, 1.54) is 0 Å². The Labute approximate surface area is 563 Å². The van der Waals surface area contributed by atoms with Crippen LogP contribution in [0.2, 0.25) is 0 Å². The number of rotatable bonds is 0. The molecule has 504 valence electrons. The molecule has 0 radical (unpaired) electrons. The number of hydrogen-bond donors (Lipinski definition) is 0. The second-order valence-corrected chi connectivity index (χ2v) is 24.3. The lowest BCUT2D eigenvalue weighted by Crippen LogP contribution is -2.17. The molecule has 0 saturated heterocycles. The molecule has 0 aromatic heterocycles. The molecule has 13 rings (SSSR count). The predicted octanol–water partition coefficient (Wildman–Crippen LogP) is 11.9. The lowest BCUT2D eigenvalue weighted by Gasteiger charge is -2.23. The summed E-state index contributed by atoms with van der Waals surface area (Å²) in [4.78, 5) is 0. The van der Waals surface area contributed by atoms with Crippen LogP contribution in [-0.4, -0.2) is 159 Å². The Balaban J connectivity index is 0.856. The van der Waals surface area contributed by atoms with Crippen LogP contribution in [0.5, 0.6) is 46.0 Å². The van der Waals surface area contributed by atoms with Gasteiger partial charge in [0, 0.05) is 51.4 Å². The van der Waals surface area contributed by atoms with Gasteiger partial charge in [-0.05, 0) is 89.0 Å². The number of para-hydroxylation sites is 8. The van der Waals surface area contributed by atoms with Crippen molar-refractivity contribution in [1.82, 2.24) is 0 Å². The molecule has 16 heteroatoms. The van der Waals surface area contributed by atoms with Crippen molar-refractivity contribution < 1.29 is 75.8 Å². The van der Waals surface area contributed by atoms with Gasteiger partial charge in [0.25, 0.3) is 0 Å². The van der Waals surface area contributed by atoms with Crippen LogP contribution in [-0.2, 0) is 89.3 Å². The molecule has 0 fully saturated rings. The van der Waals surface area contributed by atoms with Crippen molar-refractivity contribution in [3.05, 3.63) is 235 Å². The van der Waals surface area contributed by atoms with E-state index in [-0.39, 0.29) is 0 Å². The topological polar surface area (TPSA) is 148 Å². The molecule has 24 bridgehead atoms. The average molecular weight is 1310 g/mol. The monoisotopic (exact) mass is 1300 g/mol. The molecule has 8 aromatic rings. The fourth-order valence-electron chi connectivity index (χ4n) is 13.4. The van der Waals surface area contributed by atoms with Gasteiger partial charge in [0.15, 0.2) is 0 Å². The quantitative estimate of drug-likeness (QED) is 0.142. The minimum absolute atomic E-state index is 0.294. The molecule has 3 heterocycles. The Morgan fingerprint density at radius 2 is 0.219 bits per heavy atom.